The van der Waals surface area contributed by atoms with Gasteiger partial charge in [0.25, 0.3) is 0 Å². The van der Waals surface area contributed by atoms with Crippen LogP contribution in [0.4, 0.5) is 4.79 Å². The van der Waals surface area contributed by atoms with Gasteiger partial charge in [-0.15, -0.1) is 0 Å². The van der Waals surface area contributed by atoms with Gasteiger partial charge >= 0.3 is 6.03 Å². The second-order valence-corrected chi connectivity index (χ2v) is 7.84. The minimum atomic E-state index is -0.0434. The molecule has 24 heavy (non-hydrogen) atoms. The van der Waals surface area contributed by atoms with Crippen LogP contribution in [0.15, 0.2) is 0 Å². The topological polar surface area (TPSA) is 87.3 Å². The molecule has 0 spiro atoms. The van der Waals surface area contributed by atoms with Crippen LogP contribution in [0, 0.1) is 0 Å². The van der Waals surface area contributed by atoms with Gasteiger partial charge in [-0.3, -0.25) is 9.59 Å². The van der Waals surface area contributed by atoms with Crippen molar-refractivity contribution < 1.29 is 14.4 Å². The number of carbonyl (C=O) groups excluding carboxylic acids is 3. The summed E-state index contributed by atoms with van der Waals surface area (Å²) in [5, 5.41) is 9.18. The molecule has 3 atom stereocenters. The molecule has 3 amide bonds. The summed E-state index contributed by atoms with van der Waals surface area (Å²) < 4.78 is 0. The smallest absolute Gasteiger partial charge is 0.315 e. The average Bonchev–Trinajstić information content (AvgIpc) is 3.08. The summed E-state index contributed by atoms with van der Waals surface area (Å²) in [7, 11) is 0. The second kappa shape index (κ2) is 9.91. The Labute approximate surface area is 148 Å². The van der Waals surface area contributed by atoms with Crippen molar-refractivity contribution in [3.05, 3.63) is 0 Å². The van der Waals surface area contributed by atoms with E-state index in [4.69, 9.17) is 0 Å². The summed E-state index contributed by atoms with van der Waals surface area (Å²) in [5.41, 5.74) is 0. The highest BCUT2D eigenvalue weighted by Crippen LogP contribution is 2.33. The molecular weight excluding hydrogens is 326 g/mol. The summed E-state index contributed by atoms with van der Waals surface area (Å²) >= 11 is 1.92. The van der Waals surface area contributed by atoms with Gasteiger partial charge in [-0.05, 0) is 32.6 Å². The monoisotopic (exact) mass is 355 g/mol. The van der Waals surface area contributed by atoms with Crippen molar-refractivity contribution in [3.8, 4) is 0 Å². The van der Waals surface area contributed by atoms with Crippen LogP contribution < -0.4 is 16.0 Å². The van der Waals surface area contributed by atoms with E-state index in [0.29, 0.717) is 36.8 Å². The highest BCUT2D eigenvalue weighted by atomic mass is 32.2. The predicted octanol–water partition coefficient (Wildman–Crippen LogP) is 1.98. The van der Waals surface area contributed by atoms with Crippen LogP contribution in [0.5, 0.6) is 0 Å². The fourth-order valence-electron chi connectivity index (χ4n) is 3.33. The molecule has 2 aliphatic heterocycles. The van der Waals surface area contributed by atoms with E-state index in [0.717, 1.165) is 37.9 Å². The van der Waals surface area contributed by atoms with Gasteiger partial charge in [-0.25, -0.2) is 4.79 Å². The van der Waals surface area contributed by atoms with E-state index in [2.05, 4.69) is 16.0 Å². The molecule has 3 N–H and O–H groups in total. The molecule has 0 aliphatic carbocycles. The zero-order valence-electron chi connectivity index (χ0n) is 14.4. The average molecular weight is 356 g/mol. The minimum Gasteiger partial charge on any atom is -0.356 e. The lowest BCUT2D eigenvalue weighted by Crippen LogP contribution is -2.36. The fraction of sp³-hybridized carbons (Fsp3) is 0.824. The first kappa shape index (κ1) is 19.1. The zero-order chi connectivity index (χ0) is 17.4. The fourth-order valence-corrected chi connectivity index (χ4v) is 4.87. The Bertz CT molecular complexity index is 458. The van der Waals surface area contributed by atoms with Crippen molar-refractivity contribution in [3.63, 3.8) is 0 Å². The number of unbranched alkanes of at least 4 members (excludes halogenated alkanes) is 2. The van der Waals surface area contributed by atoms with E-state index in [1.807, 2.05) is 18.7 Å². The van der Waals surface area contributed by atoms with Crippen LogP contribution >= 0.6 is 11.8 Å². The molecule has 0 bridgehead atoms. The van der Waals surface area contributed by atoms with Gasteiger partial charge in [0.1, 0.15) is 5.78 Å². The Balaban J connectivity index is 1.48. The summed E-state index contributed by atoms with van der Waals surface area (Å²) in [6, 6.07) is 0.490. The van der Waals surface area contributed by atoms with Crippen molar-refractivity contribution in [2.75, 3.05) is 12.3 Å². The summed E-state index contributed by atoms with van der Waals surface area (Å²) in [4.78, 5) is 34.5. The first-order chi connectivity index (χ1) is 11.6. The molecule has 0 saturated carbocycles. The molecule has 0 aromatic carbocycles. The number of urea groups is 1. The Kier molecular flexibility index (Phi) is 7.88. The molecule has 2 heterocycles. The molecule has 136 valence electrons. The third kappa shape index (κ3) is 6.00. The number of rotatable bonds is 11. The second-order valence-electron chi connectivity index (χ2n) is 6.57. The van der Waals surface area contributed by atoms with Gasteiger partial charge < -0.3 is 16.0 Å². The molecule has 0 aromatic rings. The largest absolute Gasteiger partial charge is 0.356 e. The molecule has 0 radical (unpaired) electrons. The molecule has 6 nitrogen and oxygen atoms in total. The molecule has 2 saturated heterocycles. The van der Waals surface area contributed by atoms with Crippen molar-refractivity contribution in [2.45, 2.75) is 75.6 Å². The van der Waals surface area contributed by atoms with Gasteiger partial charge in [0.05, 0.1) is 12.1 Å². The Morgan fingerprint density at radius 1 is 1.12 bits per heavy atom. The van der Waals surface area contributed by atoms with Crippen LogP contribution in [0.3, 0.4) is 0 Å². The highest BCUT2D eigenvalue weighted by molar-refractivity contribution is 8.00. The maximum atomic E-state index is 11.9. The highest BCUT2D eigenvalue weighted by Gasteiger charge is 2.42. The van der Waals surface area contributed by atoms with Crippen LogP contribution in [0.25, 0.3) is 0 Å². The van der Waals surface area contributed by atoms with Crippen LogP contribution in [0.2, 0.25) is 0 Å². The van der Waals surface area contributed by atoms with E-state index in [1.165, 1.54) is 0 Å². The number of nitrogens with one attached hydrogen (secondary N) is 3. The lowest BCUT2D eigenvalue weighted by Gasteiger charge is -2.16. The van der Waals surface area contributed by atoms with Gasteiger partial charge in [-0.1, -0.05) is 6.42 Å². The van der Waals surface area contributed by atoms with Gasteiger partial charge in [0, 0.05) is 36.8 Å². The lowest BCUT2D eigenvalue weighted by atomic mass is 10.0. The standard InChI is InChI=1S/C17H29N3O3S/c1-2-18-15(22)10-6-4-8-12(21)7-3-5-9-14-16-13(11-24-14)19-17(23)20-16/h13-14,16H,2-11H2,1H3,(H,18,22)(H2,19,20,23)/t13-,14+,16-/m0/s1. The van der Waals surface area contributed by atoms with Crippen molar-refractivity contribution >= 4 is 29.5 Å². The molecule has 0 aromatic heterocycles. The molecule has 2 fully saturated rings. The summed E-state index contributed by atoms with van der Waals surface area (Å²) in [6.07, 6.45) is 6.33. The predicted molar refractivity (Wildman–Crippen MR) is 96.1 cm³/mol. The Morgan fingerprint density at radius 3 is 2.58 bits per heavy atom. The number of hydrogen-bond donors (Lipinski definition) is 3. The number of carbonyl (C=O) groups is 3. The maximum Gasteiger partial charge on any atom is 0.315 e. The van der Waals surface area contributed by atoms with Crippen LogP contribution in [-0.2, 0) is 9.59 Å². The summed E-state index contributed by atoms with van der Waals surface area (Å²) in [6.45, 7) is 2.57. The van der Waals surface area contributed by atoms with Crippen molar-refractivity contribution in [1.82, 2.24) is 16.0 Å². The number of hydrogen-bond acceptors (Lipinski definition) is 4. The number of Topliss-reactive ketones (excluding diaryl/α,β-unsaturated/α-hetero) is 1. The van der Waals surface area contributed by atoms with Crippen LogP contribution in [0.1, 0.15) is 58.3 Å². The van der Waals surface area contributed by atoms with Crippen LogP contribution in [-0.4, -0.2) is 47.4 Å². The SMILES string of the molecule is CCNC(=O)CCCCC(=O)CCCC[C@H]1SC[C@@H]2NC(=O)N[C@@H]21. The zero-order valence-corrected chi connectivity index (χ0v) is 15.3. The Morgan fingerprint density at radius 2 is 1.83 bits per heavy atom. The quantitative estimate of drug-likeness (QED) is 0.391. The lowest BCUT2D eigenvalue weighted by molar-refractivity contribution is -0.122. The number of ketones is 1. The molecule has 0 unspecified atom stereocenters. The van der Waals surface area contributed by atoms with E-state index in [9.17, 15) is 14.4 Å². The maximum absolute atomic E-state index is 11.9. The third-order valence-electron chi connectivity index (χ3n) is 4.62. The van der Waals surface area contributed by atoms with E-state index >= 15 is 0 Å². The number of fused-ring (bicyclic) bond motifs is 1. The third-order valence-corrected chi connectivity index (χ3v) is 6.12. The molecule has 2 aliphatic rings. The van der Waals surface area contributed by atoms with E-state index in [1.54, 1.807) is 0 Å². The number of amides is 3. The van der Waals surface area contributed by atoms with Gasteiger partial charge in [0.15, 0.2) is 0 Å². The first-order valence-electron chi connectivity index (χ1n) is 9.07. The number of thioether (sulfide) groups is 1. The summed E-state index contributed by atoms with van der Waals surface area (Å²) in [5.74, 6) is 1.36. The van der Waals surface area contributed by atoms with Crippen molar-refractivity contribution in [1.29, 1.82) is 0 Å². The van der Waals surface area contributed by atoms with Crippen molar-refractivity contribution in [2.24, 2.45) is 0 Å². The minimum absolute atomic E-state index is 0.0434. The van der Waals surface area contributed by atoms with Gasteiger partial charge in [-0.2, -0.15) is 11.8 Å². The first-order valence-corrected chi connectivity index (χ1v) is 10.1. The molecule has 7 heteroatoms. The van der Waals surface area contributed by atoms with E-state index in [-0.39, 0.29) is 24.0 Å². The van der Waals surface area contributed by atoms with Gasteiger partial charge in [0.2, 0.25) is 5.91 Å². The normalized spacial score (nSPS) is 25.0. The Hall–Kier alpha value is -1.24. The molecule has 2 rings (SSSR count). The van der Waals surface area contributed by atoms with E-state index < -0.39 is 0 Å². The molecular formula is C17H29N3O3S.